The molecule has 12 rings (SSSR count). The fraction of sp³-hybridized carbons (Fsp3) is 0.424. The molecule has 2 aliphatic heterocycles. The van der Waals surface area contributed by atoms with Gasteiger partial charge in [-0.25, -0.2) is 0 Å². The fourth-order valence-electron chi connectivity index (χ4n) is 14.3. The van der Waals surface area contributed by atoms with Gasteiger partial charge in [-0.15, -0.1) is 11.3 Å². The van der Waals surface area contributed by atoms with E-state index in [2.05, 4.69) is 223 Å². The van der Waals surface area contributed by atoms with Crippen molar-refractivity contribution in [2.24, 2.45) is 0 Å². The van der Waals surface area contributed by atoms with E-state index in [-0.39, 0.29) is 39.2 Å². The molecule has 0 fully saturated rings. The van der Waals surface area contributed by atoms with Gasteiger partial charge in [0.15, 0.2) is 0 Å². The highest BCUT2D eigenvalue weighted by molar-refractivity contribution is 7.33. The Morgan fingerprint density at radius 3 is 1.56 bits per heavy atom. The Hall–Kier alpha value is -5.06. The van der Waals surface area contributed by atoms with Crippen molar-refractivity contribution < 1.29 is 0 Å². The first-order chi connectivity index (χ1) is 32.8. The van der Waals surface area contributed by atoms with Gasteiger partial charge in [0.1, 0.15) is 0 Å². The molecule has 0 bridgehead atoms. The van der Waals surface area contributed by atoms with Crippen LogP contribution < -0.4 is 25.5 Å². The molecule has 358 valence electrons. The van der Waals surface area contributed by atoms with Crippen molar-refractivity contribution in [1.29, 1.82) is 0 Å². The molecule has 0 saturated heterocycles. The lowest BCUT2D eigenvalue weighted by Gasteiger charge is -2.47. The second kappa shape index (κ2) is 14.8. The van der Waals surface area contributed by atoms with E-state index < -0.39 is 0 Å². The zero-order valence-electron chi connectivity index (χ0n) is 45.3. The Bertz CT molecular complexity index is 3390. The van der Waals surface area contributed by atoms with E-state index in [0.717, 1.165) is 0 Å². The normalized spacial score (nSPS) is 20.3. The number of benzene rings is 6. The minimum Gasteiger partial charge on any atom is -0.311 e. The van der Waals surface area contributed by atoms with Crippen LogP contribution >= 0.6 is 11.3 Å². The molecule has 6 aromatic carbocycles. The maximum Gasteiger partial charge on any atom is 0.264 e. The number of anilines is 6. The Kier molecular flexibility index (Phi) is 9.72. The van der Waals surface area contributed by atoms with Crippen LogP contribution in [0.15, 0.2) is 91.0 Å². The van der Waals surface area contributed by atoms with Gasteiger partial charge in [-0.1, -0.05) is 126 Å². The van der Waals surface area contributed by atoms with E-state index in [1.807, 2.05) is 0 Å². The lowest BCUT2D eigenvalue weighted by molar-refractivity contribution is 0.332. The Balaban J connectivity index is 1.22. The molecule has 0 spiro atoms. The van der Waals surface area contributed by atoms with Crippen LogP contribution in [-0.4, -0.2) is 6.71 Å². The number of rotatable bonds is 3. The van der Waals surface area contributed by atoms with E-state index in [4.69, 9.17) is 0 Å². The molecule has 0 radical (unpaired) electrons. The van der Waals surface area contributed by atoms with Gasteiger partial charge in [0.25, 0.3) is 6.71 Å². The smallest absolute Gasteiger partial charge is 0.264 e. The zero-order valence-corrected chi connectivity index (χ0v) is 46.1. The highest BCUT2D eigenvalue weighted by Crippen LogP contribution is 2.56. The number of thiophene rings is 1. The van der Waals surface area contributed by atoms with E-state index in [0.29, 0.717) is 0 Å². The van der Waals surface area contributed by atoms with Gasteiger partial charge >= 0.3 is 0 Å². The van der Waals surface area contributed by atoms with Crippen molar-refractivity contribution in [1.82, 2.24) is 0 Å². The average molecular weight is 939 g/mol. The molecule has 70 heavy (non-hydrogen) atoms. The quantitative estimate of drug-likeness (QED) is 0.163. The molecule has 0 saturated carbocycles. The SMILES string of the molecule is Cc1cc2c3c(c1)N(c1ccc4c(c1)C(C)(C)CCC4(C)C)c1c(sc4cc5c(cc14)C(C)(C)CCC5(C)C)B3c1cc3c(cc1N2c1cc(-c2c(C)cccc2C)ccc1C)C(C)(C)CCC3(C)C. The van der Waals surface area contributed by atoms with E-state index >= 15 is 0 Å². The highest BCUT2D eigenvalue weighted by atomic mass is 32.1. The summed E-state index contributed by atoms with van der Waals surface area (Å²) in [6.45, 7) is 39.2. The van der Waals surface area contributed by atoms with Crippen LogP contribution in [0.25, 0.3) is 21.2 Å². The van der Waals surface area contributed by atoms with Crippen LogP contribution in [0.4, 0.5) is 34.1 Å². The van der Waals surface area contributed by atoms with Crippen molar-refractivity contribution in [2.45, 2.75) is 182 Å². The predicted octanol–water partition coefficient (Wildman–Crippen LogP) is 16.9. The number of nitrogens with zero attached hydrogens (tertiary/aromatic N) is 2. The largest absolute Gasteiger partial charge is 0.311 e. The molecular weight excluding hydrogens is 864 g/mol. The first-order valence-electron chi connectivity index (χ1n) is 26.7. The molecule has 0 atom stereocenters. The maximum absolute atomic E-state index is 2.76. The van der Waals surface area contributed by atoms with Crippen LogP contribution in [0, 0.1) is 27.7 Å². The third-order valence-electron chi connectivity index (χ3n) is 19.1. The third-order valence-corrected chi connectivity index (χ3v) is 20.3. The number of hydrogen-bond acceptors (Lipinski definition) is 3. The maximum atomic E-state index is 2.76. The zero-order chi connectivity index (χ0) is 49.6. The van der Waals surface area contributed by atoms with E-state index in [1.54, 1.807) is 5.56 Å². The minimum atomic E-state index is 0.0539. The fourth-order valence-corrected chi connectivity index (χ4v) is 15.6. The number of aryl methyl sites for hydroxylation is 4. The first kappa shape index (κ1) is 46.0. The monoisotopic (exact) mass is 939 g/mol. The first-order valence-corrected chi connectivity index (χ1v) is 27.5. The summed E-state index contributed by atoms with van der Waals surface area (Å²) in [6, 6.07) is 37.5. The standard InChI is InChI=1S/C66H75BN2S/c1-38-30-54-58-55(31-38)69(52-32-42(21-20-39(52)2)57-40(3)18-17-19-41(57)4)53-36-49-48(64(11,12)27-28-65(49,13)14)35-51(53)67(58)60-59(44-34-47-50(37-56(44)70-60)66(15,16)29-26-63(47,9)10)68(54)43-22-23-45-46(33-43)62(7,8)25-24-61(45,5)6/h17-23,30-37H,24-29H2,1-16H3. The summed E-state index contributed by atoms with van der Waals surface area (Å²) in [7, 11) is 0. The van der Waals surface area contributed by atoms with Crippen molar-refractivity contribution >= 4 is 78.0 Å². The molecule has 5 aliphatic rings. The van der Waals surface area contributed by atoms with Gasteiger partial charge in [-0.05, 0) is 225 Å². The molecule has 0 amide bonds. The molecule has 2 nitrogen and oxygen atoms in total. The molecule has 3 heterocycles. The third kappa shape index (κ3) is 6.56. The van der Waals surface area contributed by atoms with Gasteiger partial charge < -0.3 is 9.80 Å². The van der Waals surface area contributed by atoms with Crippen molar-refractivity contribution in [3.05, 3.63) is 147 Å². The van der Waals surface area contributed by atoms with Crippen molar-refractivity contribution in [3.8, 4) is 11.1 Å². The number of hydrogen-bond donors (Lipinski definition) is 0. The van der Waals surface area contributed by atoms with Crippen LogP contribution in [0.5, 0.6) is 0 Å². The molecule has 4 heteroatoms. The van der Waals surface area contributed by atoms with Crippen LogP contribution in [-0.2, 0) is 32.5 Å². The second-order valence-electron chi connectivity index (χ2n) is 26.8. The van der Waals surface area contributed by atoms with Gasteiger partial charge in [0.2, 0.25) is 0 Å². The average Bonchev–Trinajstić information content (AvgIpc) is 3.66. The number of fused-ring (bicyclic) bond motifs is 9. The Labute approximate surface area is 425 Å². The Morgan fingerprint density at radius 2 is 0.957 bits per heavy atom. The summed E-state index contributed by atoms with van der Waals surface area (Å²) >= 11 is 2.09. The topological polar surface area (TPSA) is 6.48 Å². The minimum absolute atomic E-state index is 0.0539. The Morgan fingerprint density at radius 1 is 0.443 bits per heavy atom. The summed E-state index contributed by atoms with van der Waals surface area (Å²) in [5.41, 5.74) is 28.3. The summed E-state index contributed by atoms with van der Waals surface area (Å²) in [5.74, 6) is 0. The van der Waals surface area contributed by atoms with E-state index in [1.165, 1.54) is 160 Å². The second-order valence-corrected chi connectivity index (χ2v) is 27.9. The van der Waals surface area contributed by atoms with Crippen molar-refractivity contribution in [2.75, 3.05) is 9.80 Å². The lowest BCUT2D eigenvalue weighted by Crippen LogP contribution is -2.61. The molecule has 0 N–H and O–H groups in total. The molecule has 0 unspecified atom stereocenters. The van der Waals surface area contributed by atoms with Crippen LogP contribution in [0.2, 0.25) is 0 Å². The molecule has 1 aromatic heterocycles. The van der Waals surface area contributed by atoms with Crippen molar-refractivity contribution in [3.63, 3.8) is 0 Å². The van der Waals surface area contributed by atoms with Gasteiger partial charge in [-0.3, -0.25) is 0 Å². The predicted molar refractivity (Wildman–Crippen MR) is 306 cm³/mol. The van der Waals surface area contributed by atoms with Gasteiger partial charge in [0.05, 0.1) is 5.69 Å². The van der Waals surface area contributed by atoms with Gasteiger partial charge in [-0.2, -0.15) is 0 Å². The van der Waals surface area contributed by atoms with Gasteiger partial charge in [0, 0.05) is 43.3 Å². The summed E-state index contributed by atoms with van der Waals surface area (Å²) < 4.78 is 2.91. The van der Waals surface area contributed by atoms with E-state index in [9.17, 15) is 0 Å². The van der Waals surface area contributed by atoms with Crippen LogP contribution in [0.1, 0.15) is 177 Å². The summed E-state index contributed by atoms with van der Waals surface area (Å²) in [4.78, 5) is 5.48. The van der Waals surface area contributed by atoms with Crippen LogP contribution in [0.3, 0.4) is 0 Å². The molecule has 3 aliphatic carbocycles. The lowest BCUT2D eigenvalue weighted by atomic mass is 9.35. The highest BCUT2D eigenvalue weighted by Gasteiger charge is 2.49. The summed E-state index contributed by atoms with van der Waals surface area (Å²) in [6.07, 6.45) is 7.16. The summed E-state index contributed by atoms with van der Waals surface area (Å²) in [5, 5.41) is 1.41. The molecule has 7 aromatic rings. The molecular formula is C66H75BN2S.